The molecule has 0 spiro atoms. The maximum absolute atomic E-state index is 12.4. The number of benzene rings is 2. The maximum Gasteiger partial charge on any atom is 0.319 e. The molecule has 1 aliphatic rings. The lowest BCUT2D eigenvalue weighted by atomic mass is 9.83. The molecule has 0 saturated heterocycles. The molecule has 126 valence electrons. The number of carbonyl (C=O) groups excluding carboxylic acids is 1. The minimum Gasteiger partial charge on any atom is -0.487 e. The molecule has 0 aliphatic carbocycles. The van der Waals surface area contributed by atoms with Crippen LogP contribution in [0.15, 0.2) is 54.6 Å². The smallest absolute Gasteiger partial charge is 0.319 e. The molecule has 1 aliphatic heterocycles. The molecule has 0 aromatic heterocycles. The highest BCUT2D eigenvalue weighted by Gasteiger charge is 2.38. The summed E-state index contributed by atoms with van der Waals surface area (Å²) in [5.41, 5.74) is 1.60. The monoisotopic (exact) mass is 324 g/mol. The highest BCUT2D eigenvalue weighted by molar-refractivity contribution is 5.89. The molecule has 4 heteroatoms. The minimum absolute atomic E-state index is 0.0569. The van der Waals surface area contributed by atoms with E-state index in [1.807, 2.05) is 54.6 Å². The van der Waals surface area contributed by atoms with Crippen LogP contribution in [0.25, 0.3) is 0 Å². The molecule has 0 radical (unpaired) electrons. The van der Waals surface area contributed by atoms with Crippen LogP contribution in [0.1, 0.15) is 44.7 Å². The van der Waals surface area contributed by atoms with Gasteiger partial charge in [-0.3, -0.25) is 0 Å². The zero-order valence-corrected chi connectivity index (χ0v) is 14.2. The van der Waals surface area contributed by atoms with Gasteiger partial charge in [0.2, 0.25) is 0 Å². The van der Waals surface area contributed by atoms with Gasteiger partial charge in [0.05, 0.1) is 6.04 Å². The molecule has 2 amide bonds. The molecule has 2 aromatic rings. The van der Waals surface area contributed by atoms with Gasteiger partial charge in [-0.05, 0) is 31.0 Å². The van der Waals surface area contributed by atoms with Gasteiger partial charge in [0.1, 0.15) is 11.4 Å². The molecular formula is C20H24N2O2. The van der Waals surface area contributed by atoms with Gasteiger partial charge in [-0.1, -0.05) is 50.2 Å². The average molecular weight is 324 g/mol. The maximum atomic E-state index is 12.4. The first kappa shape index (κ1) is 16.4. The van der Waals surface area contributed by atoms with Crippen molar-refractivity contribution >= 4 is 11.7 Å². The second-order valence-corrected chi connectivity index (χ2v) is 6.25. The molecular weight excluding hydrogens is 300 g/mol. The Morgan fingerprint density at radius 2 is 1.75 bits per heavy atom. The quantitative estimate of drug-likeness (QED) is 0.841. The van der Waals surface area contributed by atoms with Crippen molar-refractivity contribution in [2.75, 3.05) is 5.32 Å². The van der Waals surface area contributed by atoms with E-state index in [-0.39, 0.29) is 17.7 Å². The topological polar surface area (TPSA) is 50.4 Å². The Bertz CT molecular complexity index is 696. The second-order valence-electron chi connectivity index (χ2n) is 6.25. The molecule has 2 N–H and O–H groups in total. The Morgan fingerprint density at radius 1 is 1.08 bits per heavy atom. The standard InChI is InChI=1S/C20H24N2O2/c1-3-20(4-2)14-17(16-12-8-9-13-18(16)24-20)22-19(23)21-15-10-6-5-7-11-15/h5-13,17H,3-4,14H2,1-2H3,(H2,21,22,23)/t17-/m1/s1. The van der Waals surface area contributed by atoms with E-state index >= 15 is 0 Å². The number of rotatable bonds is 4. The second kappa shape index (κ2) is 6.95. The number of fused-ring (bicyclic) bond motifs is 1. The summed E-state index contributed by atoms with van der Waals surface area (Å²) in [5, 5.41) is 6.01. The van der Waals surface area contributed by atoms with E-state index in [4.69, 9.17) is 4.74 Å². The van der Waals surface area contributed by atoms with E-state index in [0.29, 0.717) is 0 Å². The lowest BCUT2D eigenvalue weighted by Crippen LogP contribution is -2.45. The van der Waals surface area contributed by atoms with Crippen LogP contribution in [0.3, 0.4) is 0 Å². The van der Waals surface area contributed by atoms with E-state index in [1.54, 1.807) is 0 Å². The first-order chi connectivity index (χ1) is 11.7. The first-order valence-corrected chi connectivity index (χ1v) is 8.56. The number of para-hydroxylation sites is 2. The molecule has 24 heavy (non-hydrogen) atoms. The molecule has 1 heterocycles. The van der Waals surface area contributed by atoms with Gasteiger partial charge in [0, 0.05) is 17.7 Å². The van der Waals surface area contributed by atoms with Crippen molar-refractivity contribution in [3.63, 3.8) is 0 Å². The van der Waals surface area contributed by atoms with Gasteiger partial charge in [-0.25, -0.2) is 4.79 Å². The van der Waals surface area contributed by atoms with Crippen molar-refractivity contribution in [3.8, 4) is 5.75 Å². The van der Waals surface area contributed by atoms with Crippen molar-refractivity contribution < 1.29 is 9.53 Å². The highest BCUT2D eigenvalue weighted by Crippen LogP contribution is 2.42. The van der Waals surface area contributed by atoms with E-state index in [1.165, 1.54) is 0 Å². The van der Waals surface area contributed by atoms with Crippen LogP contribution < -0.4 is 15.4 Å². The number of urea groups is 1. The van der Waals surface area contributed by atoms with E-state index < -0.39 is 0 Å². The normalized spacial score (nSPS) is 18.2. The SMILES string of the molecule is CCC1(CC)C[C@@H](NC(=O)Nc2ccccc2)c2ccccc2O1. The van der Waals surface area contributed by atoms with Gasteiger partial charge in [0.15, 0.2) is 0 Å². The third-order valence-electron chi connectivity index (χ3n) is 4.82. The summed E-state index contributed by atoms with van der Waals surface area (Å²) in [6.07, 6.45) is 2.60. The van der Waals surface area contributed by atoms with Gasteiger partial charge < -0.3 is 15.4 Å². The molecule has 0 fully saturated rings. The summed E-state index contributed by atoms with van der Waals surface area (Å²) in [4.78, 5) is 12.4. The molecule has 0 bridgehead atoms. The summed E-state index contributed by atoms with van der Waals surface area (Å²) >= 11 is 0. The van der Waals surface area contributed by atoms with Crippen molar-refractivity contribution in [3.05, 3.63) is 60.2 Å². The fraction of sp³-hybridized carbons (Fsp3) is 0.350. The Balaban J connectivity index is 1.79. The van der Waals surface area contributed by atoms with E-state index in [2.05, 4.69) is 24.5 Å². The Kier molecular flexibility index (Phi) is 4.74. The predicted octanol–water partition coefficient (Wildman–Crippen LogP) is 4.89. The number of anilines is 1. The third kappa shape index (κ3) is 3.37. The van der Waals surface area contributed by atoms with Crippen LogP contribution in [-0.4, -0.2) is 11.6 Å². The van der Waals surface area contributed by atoms with E-state index in [9.17, 15) is 4.79 Å². The Hall–Kier alpha value is -2.49. The van der Waals surface area contributed by atoms with Crippen LogP contribution in [0, 0.1) is 0 Å². The third-order valence-corrected chi connectivity index (χ3v) is 4.82. The number of carbonyl (C=O) groups is 1. The summed E-state index contributed by atoms with van der Waals surface area (Å²) in [7, 11) is 0. The predicted molar refractivity (Wildman–Crippen MR) is 96.3 cm³/mol. The van der Waals surface area contributed by atoms with Crippen molar-refractivity contribution in [1.29, 1.82) is 0 Å². The van der Waals surface area contributed by atoms with Gasteiger partial charge >= 0.3 is 6.03 Å². The summed E-state index contributed by atoms with van der Waals surface area (Å²) < 4.78 is 6.28. The minimum atomic E-state index is -0.223. The number of hydrogen-bond acceptors (Lipinski definition) is 2. The summed E-state index contributed by atoms with van der Waals surface area (Å²) in [6, 6.07) is 17.2. The molecule has 0 saturated carbocycles. The van der Waals surface area contributed by atoms with Crippen molar-refractivity contribution in [2.24, 2.45) is 0 Å². The zero-order valence-electron chi connectivity index (χ0n) is 14.2. The van der Waals surface area contributed by atoms with Crippen LogP contribution >= 0.6 is 0 Å². The average Bonchev–Trinajstić information content (AvgIpc) is 2.62. The lowest BCUT2D eigenvalue weighted by Gasteiger charge is -2.41. The van der Waals surface area contributed by atoms with Gasteiger partial charge in [-0.2, -0.15) is 0 Å². The number of amides is 2. The molecule has 4 nitrogen and oxygen atoms in total. The fourth-order valence-electron chi connectivity index (χ4n) is 3.28. The van der Waals surface area contributed by atoms with Crippen LogP contribution in [0.2, 0.25) is 0 Å². The molecule has 3 rings (SSSR count). The molecule has 1 atom stereocenters. The molecule has 2 aromatic carbocycles. The Labute approximate surface area is 143 Å². The molecule has 0 unspecified atom stereocenters. The summed E-state index contributed by atoms with van der Waals surface area (Å²) in [6.45, 7) is 4.27. The Morgan fingerprint density at radius 3 is 2.46 bits per heavy atom. The van der Waals surface area contributed by atoms with Gasteiger partial charge in [0.25, 0.3) is 0 Å². The number of hydrogen-bond donors (Lipinski definition) is 2. The van der Waals surface area contributed by atoms with Gasteiger partial charge in [-0.15, -0.1) is 0 Å². The fourth-order valence-corrected chi connectivity index (χ4v) is 3.28. The zero-order chi connectivity index (χ0) is 17.0. The first-order valence-electron chi connectivity index (χ1n) is 8.56. The lowest BCUT2D eigenvalue weighted by molar-refractivity contribution is 0.0247. The van der Waals surface area contributed by atoms with E-state index in [0.717, 1.165) is 36.3 Å². The van der Waals surface area contributed by atoms with Crippen LogP contribution in [-0.2, 0) is 0 Å². The largest absolute Gasteiger partial charge is 0.487 e. The van der Waals surface area contributed by atoms with Crippen molar-refractivity contribution in [1.82, 2.24) is 5.32 Å². The highest BCUT2D eigenvalue weighted by atomic mass is 16.5. The number of ether oxygens (including phenoxy) is 1. The summed E-state index contributed by atoms with van der Waals surface area (Å²) in [5.74, 6) is 0.873. The van der Waals surface area contributed by atoms with Crippen LogP contribution in [0.4, 0.5) is 10.5 Å². The van der Waals surface area contributed by atoms with Crippen molar-refractivity contribution in [2.45, 2.75) is 44.8 Å². The number of nitrogens with one attached hydrogen (secondary N) is 2. The van der Waals surface area contributed by atoms with Crippen LogP contribution in [0.5, 0.6) is 5.75 Å².